The van der Waals surface area contributed by atoms with Crippen LogP contribution >= 0.6 is 0 Å². The minimum absolute atomic E-state index is 0.0956. The maximum absolute atomic E-state index is 12.5. The molecule has 11 nitrogen and oxygen atoms in total. The van der Waals surface area contributed by atoms with E-state index in [0.29, 0.717) is 0 Å². The molecule has 3 amide bonds. The Kier molecular flexibility index (Phi) is 10.1. The molecule has 0 aliphatic heterocycles. The van der Waals surface area contributed by atoms with E-state index in [1.54, 1.807) is 30.3 Å². The number of aliphatic carboxylic acids is 2. The highest BCUT2D eigenvalue weighted by Gasteiger charge is 2.27. The Bertz CT molecular complexity index is 800. The number of amides is 3. The molecule has 0 aromatic heterocycles. The second-order valence-electron chi connectivity index (χ2n) is 7.09. The third-order valence-electron chi connectivity index (χ3n) is 4.40. The van der Waals surface area contributed by atoms with Gasteiger partial charge in [0, 0.05) is 12.8 Å². The van der Waals surface area contributed by atoms with Gasteiger partial charge in [0.1, 0.15) is 18.1 Å². The van der Waals surface area contributed by atoms with Crippen LogP contribution in [-0.4, -0.2) is 64.0 Å². The molecule has 11 heteroatoms. The molecule has 31 heavy (non-hydrogen) atoms. The van der Waals surface area contributed by atoms with Crippen LogP contribution in [0.3, 0.4) is 0 Å². The van der Waals surface area contributed by atoms with Crippen molar-refractivity contribution in [3.63, 3.8) is 0 Å². The summed E-state index contributed by atoms with van der Waals surface area (Å²) in [5.74, 6) is -4.40. The van der Waals surface area contributed by atoms with Gasteiger partial charge in [-0.3, -0.25) is 24.0 Å². The minimum Gasteiger partial charge on any atom is -0.481 e. The van der Waals surface area contributed by atoms with E-state index in [4.69, 9.17) is 15.9 Å². The lowest BCUT2D eigenvalue weighted by Crippen LogP contribution is -2.56. The third-order valence-corrected chi connectivity index (χ3v) is 4.40. The molecule has 4 atom stereocenters. The summed E-state index contributed by atoms with van der Waals surface area (Å²) in [4.78, 5) is 58.7. The maximum atomic E-state index is 12.5. The fourth-order valence-corrected chi connectivity index (χ4v) is 2.53. The van der Waals surface area contributed by atoms with Gasteiger partial charge in [-0.2, -0.15) is 0 Å². The van der Waals surface area contributed by atoms with Crippen LogP contribution in [0.25, 0.3) is 0 Å². The van der Waals surface area contributed by atoms with Crippen molar-refractivity contribution in [2.75, 3.05) is 0 Å². The Labute approximate surface area is 179 Å². The Morgan fingerprint density at radius 3 is 2.00 bits per heavy atom. The molecule has 0 saturated carbocycles. The number of carboxylic acids is 2. The zero-order valence-corrected chi connectivity index (χ0v) is 17.3. The van der Waals surface area contributed by atoms with Crippen LogP contribution in [0.15, 0.2) is 30.3 Å². The quantitative estimate of drug-likeness (QED) is 0.240. The third kappa shape index (κ3) is 9.26. The van der Waals surface area contributed by atoms with Crippen molar-refractivity contribution in [1.82, 2.24) is 16.0 Å². The highest BCUT2D eigenvalue weighted by atomic mass is 16.4. The van der Waals surface area contributed by atoms with E-state index in [9.17, 15) is 24.0 Å². The van der Waals surface area contributed by atoms with Gasteiger partial charge in [-0.25, -0.2) is 0 Å². The van der Waals surface area contributed by atoms with E-state index in [0.717, 1.165) is 5.56 Å². The molecule has 1 rings (SSSR count). The molecular formula is C20H28N4O7. The van der Waals surface area contributed by atoms with Gasteiger partial charge in [-0.05, 0) is 25.8 Å². The van der Waals surface area contributed by atoms with E-state index >= 15 is 0 Å². The molecule has 0 aliphatic carbocycles. The second kappa shape index (κ2) is 12.3. The van der Waals surface area contributed by atoms with Crippen LogP contribution in [0.2, 0.25) is 0 Å². The van der Waals surface area contributed by atoms with Gasteiger partial charge in [-0.15, -0.1) is 0 Å². The fraction of sp³-hybridized carbons (Fsp3) is 0.450. The zero-order valence-electron chi connectivity index (χ0n) is 17.3. The molecule has 4 unspecified atom stereocenters. The molecule has 0 radical (unpaired) electrons. The van der Waals surface area contributed by atoms with E-state index in [1.165, 1.54) is 13.8 Å². The van der Waals surface area contributed by atoms with E-state index in [-0.39, 0.29) is 19.3 Å². The van der Waals surface area contributed by atoms with E-state index < -0.39 is 53.8 Å². The average molecular weight is 436 g/mol. The Hall–Kier alpha value is -3.47. The van der Waals surface area contributed by atoms with Crippen molar-refractivity contribution in [2.45, 2.75) is 57.3 Å². The van der Waals surface area contributed by atoms with Crippen LogP contribution < -0.4 is 21.7 Å². The molecule has 0 spiro atoms. The van der Waals surface area contributed by atoms with Crippen molar-refractivity contribution < 1.29 is 34.2 Å². The second-order valence-corrected chi connectivity index (χ2v) is 7.09. The smallest absolute Gasteiger partial charge is 0.325 e. The molecule has 0 heterocycles. The van der Waals surface area contributed by atoms with Gasteiger partial charge >= 0.3 is 11.9 Å². The molecule has 1 aromatic rings. The van der Waals surface area contributed by atoms with Crippen molar-refractivity contribution in [3.8, 4) is 0 Å². The standard InChI is InChI=1S/C20H28N4O7/c1-11(22-18(28)14(21)8-9-16(25)26)17(27)24-15(10-13-6-4-3-5-7-13)19(29)23-12(2)20(30)31/h3-7,11-12,14-15H,8-10,21H2,1-2H3,(H,22,28)(H,23,29)(H,24,27)(H,25,26)(H,30,31). The van der Waals surface area contributed by atoms with Crippen LogP contribution in [0.5, 0.6) is 0 Å². The summed E-state index contributed by atoms with van der Waals surface area (Å²) in [6.45, 7) is 2.68. The predicted octanol–water partition coefficient (Wildman–Crippen LogP) is -1.000. The largest absolute Gasteiger partial charge is 0.481 e. The normalized spacial score (nSPS) is 14.4. The molecule has 7 N–H and O–H groups in total. The summed E-state index contributed by atoms with van der Waals surface area (Å²) in [7, 11) is 0. The lowest BCUT2D eigenvalue weighted by Gasteiger charge is -2.23. The van der Waals surface area contributed by atoms with Crippen LogP contribution in [0.4, 0.5) is 0 Å². The molecule has 0 fully saturated rings. The number of benzene rings is 1. The first-order chi connectivity index (χ1) is 14.5. The van der Waals surface area contributed by atoms with E-state index in [2.05, 4.69) is 16.0 Å². The molecule has 1 aromatic carbocycles. The number of rotatable bonds is 12. The Balaban J connectivity index is 2.80. The first-order valence-corrected chi connectivity index (χ1v) is 9.66. The average Bonchev–Trinajstić information content (AvgIpc) is 2.71. The number of nitrogens with two attached hydrogens (primary N) is 1. The summed E-state index contributed by atoms with van der Waals surface area (Å²) in [5, 5.41) is 24.9. The van der Waals surface area contributed by atoms with Gasteiger partial charge < -0.3 is 31.9 Å². The summed E-state index contributed by atoms with van der Waals surface area (Å²) in [5.41, 5.74) is 6.36. The summed E-state index contributed by atoms with van der Waals surface area (Å²) < 4.78 is 0. The van der Waals surface area contributed by atoms with Crippen LogP contribution in [0.1, 0.15) is 32.3 Å². The summed E-state index contributed by atoms with van der Waals surface area (Å²) in [6.07, 6.45) is -0.290. The highest BCUT2D eigenvalue weighted by Crippen LogP contribution is 2.05. The summed E-state index contributed by atoms with van der Waals surface area (Å²) in [6, 6.07) is 4.39. The fourth-order valence-electron chi connectivity index (χ4n) is 2.53. The zero-order chi connectivity index (χ0) is 23.6. The molecule has 170 valence electrons. The number of carbonyl (C=O) groups is 5. The molecule has 0 bridgehead atoms. The monoisotopic (exact) mass is 436 g/mol. The maximum Gasteiger partial charge on any atom is 0.325 e. The lowest BCUT2D eigenvalue weighted by atomic mass is 10.0. The topological polar surface area (TPSA) is 188 Å². The SMILES string of the molecule is CC(NC(=O)C(Cc1ccccc1)NC(=O)C(C)NC(=O)C(N)CCC(=O)O)C(=O)O. The summed E-state index contributed by atoms with van der Waals surface area (Å²) >= 11 is 0. The minimum atomic E-state index is -1.23. The molecule has 0 aliphatic rings. The van der Waals surface area contributed by atoms with Gasteiger partial charge in [0.2, 0.25) is 17.7 Å². The molecule has 0 saturated heterocycles. The number of nitrogens with one attached hydrogen (secondary N) is 3. The van der Waals surface area contributed by atoms with Crippen molar-refractivity contribution >= 4 is 29.7 Å². The predicted molar refractivity (Wildman–Crippen MR) is 110 cm³/mol. The first kappa shape index (κ1) is 25.6. The molecular weight excluding hydrogens is 408 g/mol. The highest BCUT2D eigenvalue weighted by molar-refractivity contribution is 5.94. The van der Waals surface area contributed by atoms with Crippen LogP contribution in [-0.2, 0) is 30.4 Å². The van der Waals surface area contributed by atoms with Crippen LogP contribution in [0, 0.1) is 0 Å². The van der Waals surface area contributed by atoms with Crippen molar-refractivity contribution in [2.24, 2.45) is 5.73 Å². The Morgan fingerprint density at radius 2 is 1.45 bits per heavy atom. The van der Waals surface area contributed by atoms with E-state index in [1.807, 2.05) is 0 Å². The van der Waals surface area contributed by atoms with Crippen molar-refractivity contribution in [3.05, 3.63) is 35.9 Å². The van der Waals surface area contributed by atoms with Gasteiger partial charge in [0.15, 0.2) is 0 Å². The van der Waals surface area contributed by atoms with Crippen molar-refractivity contribution in [1.29, 1.82) is 0 Å². The number of carboxylic acid groups (broad SMARTS) is 2. The number of carbonyl (C=O) groups excluding carboxylic acids is 3. The van der Waals surface area contributed by atoms with Gasteiger partial charge in [0.25, 0.3) is 0 Å². The van der Waals surface area contributed by atoms with Gasteiger partial charge in [-0.1, -0.05) is 30.3 Å². The number of hydrogen-bond acceptors (Lipinski definition) is 6. The first-order valence-electron chi connectivity index (χ1n) is 9.66. The Morgan fingerprint density at radius 1 is 0.871 bits per heavy atom. The van der Waals surface area contributed by atoms with Gasteiger partial charge in [0.05, 0.1) is 6.04 Å². The lowest BCUT2D eigenvalue weighted by molar-refractivity contribution is -0.142. The number of hydrogen-bond donors (Lipinski definition) is 6.